The first-order chi connectivity index (χ1) is 8.58. The molecule has 3 N–H and O–H groups in total. The topological polar surface area (TPSA) is 65.1 Å². The Bertz CT molecular complexity index is 260. The van der Waals surface area contributed by atoms with Gasteiger partial charge in [-0.2, -0.15) is 0 Å². The van der Waals surface area contributed by atoms with Gasteiger partial charge in [0.25, 0.3) is 0 Å². The van der Waals surface area contributed by atoms with Crippen molar-refractivity contribution in [2.45, 2.75) is 39.7 Å². The number of piperazine rings is 1. The Hall–Kier alpha value is -0.810. The smallest absolute Gasteiger partial charge is 0.156 e. The van der Waals surface area contributed by atoms with E-state index in [1.54, 1.807) is 0 Å². The Labute approximate surface area is 111 Å². The van der Waals surface area contributed by atoms with E-state index >= 15 is 0 Å². The summed E-state index contributed by atoms with van der Waals surface area (Å²) in [5.74, 6) is 1.07. The van der Waals surface area contributed by atoms with Gasteiger partial charge in [0.15, 0.2) is 5.84 Å². The van der Waals surface area contributed by atoms with Crippen molar-refractivity contribution in [2.75, 3.05) is 32.7 Å². The molecule has 0 amide bonds. The monoisotopic (exact) mass is 256 g/mol. The van der Waals surface area contributed by atoms with Crippen molar-refractivity contribution in [2.24, 2.45) is 16.8 Å². The number of oxime groups is 1. The normalized spacial score (nSPS) is 21.4. The number of nitrogens with zero attached hydrogens (tertiary/aromatic N) is 3. The SMILES string of the molecule is CCCC(C(N)=NO)N1CCN(CC(C)C)CC1. The fourth-order valence-corrected chi connectivity index (χ4v) is 2.63. The summed E-state index contributed by atoms with van der Waals surface area (Å²) in [4.78, 5) is 4.84. The number of amidine groups is 1. The summed E-state index contributed by atoms with van der Waals surface area (Å²) >= 11 is 0. The molecule has 1 heterocycles. The fraction of sp³-hybridized carbons (Fsp3) is 0.923. The van der Waals surface area contributed by atoms with Gasteiger partial charge >= 0.3 is 0 Å². The summed E-state index contributed by atoms with van der Waals surface area (Å²) in [5.41, 5.74) is 5.79. The lowest BCUT2D eigenvalue weighted by atomic mass is 10.1. The predicted molar refractivity (Wildman–Crippen MR) is 75.0 cm³/mol. The molecule has 0 aromatic heterocycles. The van der Waals surface area contributed by atoms with Gasteiger partial charge in [-0.05, 0) is 12.3 Å². The summed E-state index contributed by atoms with van der Waals surface area (Å²) < 4.78 is 0. The first kappa shape index (κ1) is 15.2. The van der Waals surface area contributed by atoms with Crippen LogP contribution in [0.15, 0.2) is 5.16 Å². The van der Waals surface area contributed by atoms with E-state index in [4.69, 9.17) is 10.9 Å². The van der Waals surface area contributed by atoms with E-state index in [1.807, 2.05) is 0 Å². The average molecular weight is 256 g/mol. The minimum absolute atomic E-state index is 0.0983. The zero-order valence-electron chi connectivity index (χ0n) is 12.0. The maximum absolute atomic E-state index is 8.86. The largest absolute Gasteiger partial charge is 0.409 e. The molecule has 5 heteroatoms. The second-order valence-corrected chi connectivity index (χ2v) is 5.56. The Morgan fingerprint density at radius 2 is 1.89 bits per heavy atom. The number of nitrogens with two attached hydrogens (primary N) is 1. The second kappa shape index (κ2) is 7.59. The molecule has 1 saturated heterocycles. The van der Waals surface area contributed by atoms with Crippen LogP contribution in [0, 0.1) is 5.92 Å². The number of hydrogen-bond acceptors (Lipinski definition) is 4. The molecule has 0 bridgehead atoms. The van der Waals surface area contributed by atoms with E-state index in [0.29, 0.717) is 11.8 Å². The van der Waals surface area contributed by atoms with E-state index in [-0.39, 0.29) is 6.04 Å². The van der Waals surface area contributed by atoms with Crippen LogP contribution in [0.3, 0.4) is 0 Å². The van der Waals surface area contributed by atoms with Crippen LogP contribution in [-0.4, -0.2) is 59.6 Å². The molecule has 0 spiro atoms. The molecule has 1 fully saturated rings. The lowest BCUT2D eigenvalue weighted by Crippen LogP contribution is -2.54. The van der Waals surface area contributed by atoms with Gasteiger partial charge in [-0.25, -0.2) is 0 Å². The lowest BCUT2D eigenvalue weighted by Gasteiger charge is -2.39. The predicted octanol–water partition coefficient (Wildman–Crippen LogP) is 1.18. The van der Waals surface area contributed by atoms with E-state index in [9.17, 15) is 0 Å². The molecule has 0 radical (unpaired) electrons. The van der Waals surface area contributed by atoms with Crippen LogP contribution >= 0.6 is 0 Å². The molecule has 1 atom stereocenters. The van der Waals surface area contributed by atoms with Crippen LogP contribution in [0.1, 0.15) is 33.6 Å². The molecule has 18 heavy (non-hydrogen) atoms. The number of hydrogen-bond donors (Lipinski definition) is 2. The zero-order chi connectivity index (χ0) is 13.5. The van der Waals surface area contributed by atoms with Gasteiger partial charge in [0, 0.05) is 32.7 Å². The highest BCUT2D eigenvalue weighted by Gasteiger charge is 2.26. The highest BCUT2D eigenvalue weighted by Crippen LogP contribution is 2.12. The van der Waals surface area contributed by atoms with Gasteiger partial charge in [-0.3, -0.25) is 4.90 Å². The standard InChI is InChI=1S/C13H28N4O/c1-4-5-12(13(14)15-18)17-8-6-16(7-9-17)10-11(2)3/h11-12,18H,4-10H2,1-3H3,(H2,14,15). The Morgan fingerprint density at radius 3 is 2.33 bits per heavy atom. The van der Waals surface area contributed by atoms with Crippen LogP contribution in [0.2, 0.25) is 0 Å². The molecule has 106 valence electrons. The van der Waals surface area contributed by atoms with E-state index < -0.39 is 0 Å². The molecule has 1 aliphatic rings. The average Bonchev–Trinajstić information content (AvgIpc) is 2.35. The van der Waals surface area contributed by atoms with Crippen molar-refractivity contribution in [1.29, 1.82) is 0 Å². The Morgan fingerprint density at radius 1 is 1.28 bits per heavy atom. The fourth-order valence-electron chi connectivity index (χ4n) is 2.63. The van der Waals surface area contributed by atoms with Crippen molar-refractivity contribution in [3.63, 3.8) is 0 Å². The zero-order valence-corrected chi connectivity index (χ0v) is 12.0. The van der Waals surface area contributed by atoms with Crippen molar-refractivity contribution in [3.05, 3.63) is 0 Å². The molecule has 5 nitrogen and oxygen atoms in total. The Balaban J connectivity index is 2.48. The highest BCUT2D eigenvalue weighted by molar-refractivity contribution is 5.85. The van der Waals surface area contributed by atoms with Crippen LogP contribution < -0.4 is 5.73 Å². The summed E-state index contributed by atoms with van der Waals surface area (Å²) in [6.45, 7) is 12.0. The molecular weight excluding hydrogens is 228 g/mol. The first-order valence-electron chi connectivity index (χ1n) is 7.02. The molecule has 1 aliphatic heterocycles. The van der Waals surface area contributed by atoms with Crippen molar-refractivity contribution in [3.8, 4) is 0 Å². The lowest BCUT2D eigenvalue weighted by molar-refractivity contribution is 0.104. The Kier molecular flexibility index (Phi) is 6.43. The summed E-state index contributed by atoms with van der Waals surface area (Å²) in [7, 11) is 0. The summed E-state index contributed by atoms with van der Waals surface area (Å²) in [5, 5.41) is 12.0. The second-order valence-electron chi connectivity index (χ2n) is 5.56. The van der Waals surface area contributed by atoms with Gasteiger partial charge in [0.2, 0.25) is 0 Å². The van der Waals surface area contributed by atoms with Gasteiger partial charge < -0.3 is 15.8 Å². The molecular formula is C13H28N4O. The maximum Gasteiger partial charge on any atom is 0.156 e. The van der Waals surface area contributed by atoms with Gasteiger partial charge in [-0.15, -0.1) is 0 Å². The van der Waals surface area contributed by atoms with E-state index in [1.165, 1.54) is 0 Å². The third kappa shape index (κ3) is 4.46. The van der Waals surface area contributed by atoms with Crippen molar-refractivity contribution >= 4 is 5.84 Å². The van der Waals surface area contributed by atoms with Gasteiger partial charge in [0.1, 0.15) is 0 Å². The first-order valence-corrected chi connectivity index (χ1v) is 7.02. The maximum atomic E-state index is 8.86. The highest BCUT2D eigenvalue weighted by atomic mass is 16.4. The van der Waals surface area contributed by atoms with Crippen LogP contribution in [-0.2, 0) is 0 Å². The third-order valence-corrected chi connectivity index (χ3v) is 3.49. The van der Waals surface area contributed by atoms with E-state index in [0.717, 1.165) is 45.6 Å². The van der Waals surface area contributed by atoms with Gasteiger partial charge in [-0.1, -0.05) is 32.3 Å². The number of rotatable bonds is 6. The molecule has 0 aromatic carbocycles. The van der Waals surface area contributed by atoms with Crippen molar-refractivity contribution in [1.82, 2.24) is 9.80 Å². The van der Waals surface area contributed by atoms with Crippen LogP contribution in [0.4, 0.5) is 0 Å². The van der Waals surface area contributed by atoms with Crippen molar-refractivity contribution < 1.29 is 5.21 Å². The molecule has 1 rings (SSSR count). The minimum atomic E-state index is 0.0983. The van der Waals surface area contributed by atoms with E-state index in [2.05, 4.69) is 35.7 Å². The third-order valence-electron chi connectivity index (χ3n) is 3.49. The summed E-state index contributed by atoms with van der Waals surface area (Å²) in [6, 6.07) is 0.0983. The molecule has 0 aliphatic carbocycles. The van der Waals surface area contributed by atoms with Crippen LogP contribution in [0.25, 0.3) is 0 Å². The van der Waals surface area contributed by atoms with Crippen LogP contribution in [0.5, 0.6) is 0 Å². The summed E-state index contributed by atoms with van der Waals surface area (Å²) in [6.07, 6.45) is 2.01. The minimum Gasteiger partial charge on any atom is -0.409 e. The molecule has 0 saturated carbocycles. The van der Waals surface area contributed by atoms with Gasteiger partial charge in [0.05, 0.1) is 6.04 Å². The molecule has 0 aromatic rings. The quantitative estimate of drug-likeness (QED) is 0.324. The molecule has 1 unspecified atom stereocenters.